The van der Waals surface area contributed by atoms with Crippen molar-refractivity contribution in [1.82, 2.24) is 0 Å². The summed E-state index contributed by atoms with van der Waals surface area (Å²) < 4.78 is 23.8. The van der Waals surface area contributed by atoms with Crippen molar-refractivity contribution in [2.75, 3.05) is 13.2 Å². The first-order valence-corrected chi connectivity index (χ1v) is 17.6. The molecular weight excluding hydrogens is 440 g/mol. The van der Waals surface area contributed by atoms with Crippen LogP contribution in [0.15, 0.2) is 60.7 Å². The third-order valence-corrected chi connectivity index (χ3v) is 6.22. The molecule has 0 unspecified atom stereocenters. The maximum atomic E-state index is 12.5. The van der Waals surface area contributed by atoms with Crippen LogP contribution in [0.5, 0.6) is 0 Å². The fourth-order valence-electron chi connectivity index (χ4n) is 2.97. The van der Waals surface area contributed by atoms with Gasteiger partial charge in [-0.2, -0.15) is 0 Å². The van der Waals surface area contributed by atoms with Crippen LogP contribution in [0.1, 0.15) is 20.7 Å². The van der Waals surface area contributed by atoms with E-state index in [2.05, 4.69) is 39.3 Å². The van der Waals surface area contributed by atoms with E-state index in [-0.39, 0.29) is 13.2 Å². The summed E-state index contributed by atoms with van der Waals surface area (Å²) >= 11 is 0. The van der Waals surface area contributed by atoms with E-state index in [4.69, 9.17) is 18.3 Å². The summed E-state index contributed by atoms with van der Waals surface area (Å²) in [5.74, 6) is -0.856. The van der Waals surface area contributed by atoms with Crippen molar-refractivity contribution in [3.05, 3.63) is 71.8 Å². The number of carbonyl (C=O) groups excluding carboxylic acids is 2. The largest absolute Gasteiger partial charge is 0.459 e. The van der Waals surface area contributed by atoms with Gasteiger partial charge in [0.1, 0.15) is 25.4 Å². The molecule has 8 heteroatoms. The molecule has 0 fully saturated rings. The van der Waals surface area contributed by atoms with Gasteiger partial charge in [-0.1, -0.05) is 36.4 Å². The zero-order chi connectivity index (χ0) is 23.8. The molecule has 6 nitrogen and oxygen atoms in total. The lowest BCUT2D eigenvalue weighted by molar-refractivity contribution is -0.0381. The lowest BCUT2D eigenvalue weighted by Crippen LogP contribution is -2.49. The lowest BCUT2D eigenvalue weighted by atomic mass is 10.2. The van der Waals surface area contributed by atoms with E-state index in [9.17, 15) is 9.59 Å². The zero-order valence-electron chi connectivity index (χ0n) is 19.8. The van der Waals surface area contributed by atoms with Gasteiger partial charge < -0.3 is 18.3 Å². The summed E-state index contributed by atoms with van der Waals surface area (Å²) in [5, 5.41) is 0. The first-order valence-electron chi connectivity index (χ1n) is 10.7. The van der Waals surface area contributed by atoms with Crippen LogP contribution in [0.2, 0.25) is 39.3 Å². The zero-order valence-corrected chi connectivity index (χ0v) is 21.8. The average Bonchev–Trinajstić information content (AvgIpc) is 2.73. The van der Waals surface area contributed by atoms with E-state index >= 15 is 0 Å². The van der Waals surface area contributed by atoms with Crippen molar-refractivity contribution >= 4 is 28.6 Å². The molecule has 0 bridgehead atoms. The Labute approximate surface area is 193 Å². The predicted molar refractivity (Wildman–Crippen MR) is 130 cm³/mol. The van der Waals surface area contributed by atoms with Gasteiger partial charge in [0.2, 0.25) is 0 Å². The smallest absolute Gasteiger partial charge is 0.338 e. The number of carbonyl (C=O) groups is 2. The van der Waals surface area contributed by atoms with Crippen LogP contribution in [0.4, 0.5) is 0 Å². The summed E-state index contributed by atoms with van der Waals surface area (Å²) in [5.41, 5.74) is 0.940. The van der Waals surface area contributed by atoms with Gasteiger partial charge in [-0.3, -0.25) is 0 Å². The summed E-state index contributed by atoms with van der Waals surface area (Å²) in [7, 11) is -4.05. The summed E-state index contributed by atoms with van der Waals surface area (Å²) in [6.07, 6.45) is -1.10. The first-order chi connectivity index (χ1) is 14.9. The van der Waals surface area contributed by atoms with E-state index in [1.807, 2.05) is 12.1 Å². The summed E-state index contributed by atoms with van der Waals surface area (Å²) in [6, 6.07) is 17.6. The van der Waals surface area contributed by atoms with Crippen molar-refractivity contribution in [3.63, 3.8) is 0 Å². The number of esters is 2. The van der Waals surface area contributed by atoms with E-state index in [0.717, 1.165) is 0 Å². The molecular formula is C24H34O6Si2. The molecule has 0 aliphatic rings. The molecule has 2 rings (SSSR count). The third kappa shape index (κ3) is 9.48. The van der Waals surface area contributed by atoms with Gasteiger partial charge >= 0.3 is 11.9 Å². The number of ether oxygens (including phenoxy) is 2. The highest BCUT2D eigenvalue weighted by Crippen LogP contribution is 2.19. The van der Waals surface area contributed by atoms with Crippen LogP contribution >= 0.6 is 0 Å². The van der Waals surface area contributed by atoms with Gasteiger partial charge in [0.25, 0.3) is 0 Å². The van der Waals surface area contributed by atoms with Gasteiger partial charge in [0.15, 0.2) is 16.6 Å². The second-order valence-corrected chi connectivity index (χ2v) is 18.4. The molecule has 0 spiro atoms. The molecule has 174 valence electrons. The Hall–Kier alpha value is -2.27. The number of hydrogen-bond acceptors (Lipinski definition) is 6. The first kappa shape index (κ1) is 26.0. The van der Waals surface area contributed by atoms with Crippen molar-refractivity contribution in [2.45, 2.75) is 51.5 Å². The third-order valence-electron chi connectivity index (χ3n) is 4.20. The Kier molecular flexibility index (Phi) is 9.38. The molecule has 0 heterocycles. The fraction of sp³-hybridized carbons (Fsp3) is 0.417. The summed E-state index contributed by atoms with van der Waals surface area (Å²) in [6.45, 7) is 12.4. The van der Waals surface area contributed by atoms with Crippen molar-refractivity contribution in [3.8, 4) is 0 Å². The number of rotatable bonds is 11. The molecule has 0 amide bonds. The molecule has 32 heavy (non-hydrogen) atoms. The molecule has 2 aromatic rings. The topological polar surface area (TPSA) is 71.1 Å². The molecule has 0 aliphatic heterocycles. The van der Waals surface area contributed by atoms with Gasteiger partial charge in [0.05, 0.1) is 11.1 Å². The van der Waals surface area contributed by atoms with Crippen LogP contribution in [0.3, 0.4) is 0 Å². The van der Waals surface area contributed by atoms with E-state index in [1.165, 1.54) is 0 Å². The van der Waals surface area contributed by atoms with Gasteiger partial charge in [-0.25, -0.2) is 9.59 Å². The molecule has 0 N–H and O–H groups in total. The van der Waals surface area contributed by atoms with Gasteiger partial charge in [0, 0.05) is 0 Å². The maximum absolute atomic E-state index is 12.5. The van der Waals surface area contributed by atoms with Crippen LogP contribution in [-0.2, 0) is 18.3 Å². The Morgan fingerprint density at radius 3 is 1.22 bits per heavy atom. The second kappa shape index (κ2) is 11.6. The van der Waals surface area contributed by atoms with E-state index in [1.54, 1.807) is 48.5 Å². The van der Waals surface area contributed by atoms with Crippen LogP contribution in [0, 0.1) is 0 Å². The van der Waals surface area contributed by atoms with Crippen molar-refractivity contribution in [1.29, 1.82) is 0 Å². The van der Waals surface area contributed by atoms with Crippen LogP contribution < -0.4 is 0 Å². The molecule has 0 aromatic heterocycles. The Morgan fingerprint density at radius 2 is 0.938 bits per heavy atom. The van der Waals surface area contributed by atoms with Crippen molar-refractivity contribution < 1.29 is 27.9 Å². The Bertz CT molecular complexity index is 786. The minimum absolute atomic E-state index is 0.00995. The normalized spacial score (nSPS) is 13.8. The predicted octanol–water partition coefficient (Wildman–Crippen LogP) is 5.14. The highest BCUT2D eigenvalue weighted by molar-refractivity contribution is 6.70. The van der Waals surface area contributed by atoms with Crippen LogP contribution in [-0.4, -0.2) is 54.0 Å². The van der Waals surface area contributed by atoms with Crippen molar-refractivity contribution in [2.24, 2.45) is 0 Å². The highest BCUT2D eigenvalue weighted by atomic mass is 28.4. The molecule has 0 saturated carbocycles. The standard InChI is InChI=1S/C24H34O6Si2/c1-31(2,3)29-21(17-27-23(25)19-13-9-7-10-14-19)22(30-32(4,5)6)18-28-24(26)20-15-11-8-12-16-20/h7-16,21-22H,17-18H2,1-6H3/t21-,22-/m0/s1. The highest BCUT2D eigenvalue weighted by Gasteiger charge is 2.34. The van der Waals surface area contributed by atoms with E-state index in [0.29, 0.717) is 11.1 Å². The minimum atomic E-state index is -2.03. The SMILES string of the molecule is C[Si](C)(C)O[C@@H](COC(=O)c1ccccc1)[C@H](COC(=O)c1ccccc1)O[Si](C)(C)C. The number of hydrogen-bond donors (Lipinski definition) is 0. The average molecular weight is 475 g/mol. The molecule has 2 aromatic carbocycles. The Morgan fingerprint density at radius 1 is 0.625 bits per heavy atom. The molecule has 0 saturated heterocycles. The fourth-order valence-corrected chi connectivity index (χ4v) is 5.23. The Balaban J connectivity index is 2.16. The minimum Gasteiger partial charge on any atom is -0.459 e. The molecule has 2 atom stereocenters. The maximum Gasteiger partial charge on any atom is 0.338 e. The molecule has 0 radical (unpaired) electrons. The van der Waals surface area contributed by atoms with E-state index < -0.39 is 40.8 Å². The van der Waals surface area contributed by atoms with Crippen LogP contribution in [0.25, 0.3) is 0 Å². The summed E-state index contributed by atoms with van der Waals surface area (Å²) in [4.78, 5) is 25.0. The second-order valence-electron chi connectivity index (χ2n) is 9.47. The van der Waals surface area contributed by atoms with Gasteiger partial charge in [-0.15, -0.1) is 0 Å². The monoisotopic (exact) mass is 474 g/mol. The lowest BCUT2D eigenvalue weighted by Gasteiger charge is -2.35. The number of benzene rings is 2. The molecule has 0 aliphatic carbocycles. The quantitative estimate of drug-likeness (QED) is 0.332. The van der Waals surface area contributed by atoms with Gasteiger partial charge in [-0.05, 0) is 63.5 Å².